The van der Waals surface area contributed by atoms with Crippen LogP contribution in [0.5, 0.6) is 23.0 Å². The highest BCUT2D eigenvalue weighted by molar-refractivity contribution is 7.22. The third kappa shape index (κ3) is 18.3. The number of hydrogen-bond acceptors (Lipinski definition) is 21. The van der Waals surface area contributed by atoms with Gasteiger partial charge in [-0.2, -0.15) is 5.10 Å². The summed E-state index contributed by atoms with van der Waals surface area (Å²) >= 11 is 1.42. The summed E-state index contributed by atoms with van der Waals surface area (Å²) in [6, 6.07) is 19.0. The number of benzene rings is 3. The van der Waals surface area contributed by atoms with Gasteiger partial charge in [-0.1, -0.05) is 36.6 Å². The molecule has 20 nitrogen and oxygen atoms in total. The Morgan fingerprint density at radius 1 is 0.538 bits per heavy atom. The van der Waals surface area contributed by atoms with Gasteiger partial charge in [0.15, 0.2) is 0 Å². The molecule has 0 radical (unpaired) electrons. The number of anilines is 1. The molecule has 21 heteroatoms. The van der Waals surface area contributed by atoms with Crippen molar-refractivity contribution >= 4 is 74.7 Å². The van der Waals surface area contributed by atoms with Crippen LogP contribution in [0.2, 0.25) is 0 Å². The van der Waals surface area contributed by atoms with Crippen LogP contribution < -0.4 is 24.4 Å². The molecular weight excluding hydrogens is 1030 g/mol. The van der Waals surface area contributed by atoms with Crippen molar-refractivity contribution in [2.24, 2.45) is 34.7 Å². The van der Waals surface area contributed by atoms with Gasteiger partial charge in [0.25, 0.3) is 0 Å². The van der Waals surface area contributed by atoms with E-state index >= 15 is 0 Å². The molecule has 3 aromatic carbocycles. The van der Waals surface area contributed by atoms with Crippen LogP contribution in [0, 0.1) is 29.6 Å². The number of nitrogens with zero attached hydrogens (tertiary/aromatic N) is 2. The second kappa shape index (κ2) is 30.5. The van der Waals surface area contributed by atoms with Crippen molar-refractivity contribution in [2.75, 3.05) is 58.3 Å². The standard InChI is InChI=1S/C57H65N3O17S/c1-3-50(61)71-32-28-68-27-31-70-43-21-23-45(24-22-43)75-54(65)39-13-15-40(16-14-39)56(67)77-48-26-25-46(35-42(48)36-58-60-57-59-47-7-5-6-8-49(47)78-57)76-55(66)41-17-19-44(20-18-41)74-53(64)38-11-9-37(10-12-38)52(63)73-34-30-69-29-33-72-51(62)4-2/h3-8,21-26,35-41,44H,1-2,9-20,27-34H2,(H,59,60)/b58-36+. The average molecular weight is 1100 g/mol. The van der Waals surface area contributed by atoms with Crippen LogP contribution in [-0.2, 0) is 62.0 Å². The predicted octanol–water partition coefficient (Wildman–Crippen LogP) is 8.29. The van der Waals surface area contributed by atoms with Crippen LogP contribution >= 0.6 is 11.3 Å². The highest BCUT2D eigenvalue weighted by Gasteiger charge is 2.36. The van der Waals surface area contributed by atoms with E-state index in [9.17, 15) is 33.6 Å². The van der Waals surface area contributed by atoms with Crippen LogP contribution in [0.1, 0.15) is 82.6 Å². The van der Waals surface area contributed by atoms with Gasteiger partial charge in [-0.3, -0.25) is 29.4 Å². The maximum atomic E-state index is 13.7. The quantitative estimate of drug-likeness (QED) is 0.0112. The van der Waals surface area contributed by atoms with Crippen molar-refractivity contribution in [1.29, 1.82) is 0 Å². The molecule has 78 heavy (non-hydrogen) atoms. The smallest absolute Gasteiger partial charge is 0.330 e. The number of fused-ring (bicyclic) bond motifs is 1. The van der Waals surface area contributed by atoms with Crippen molar-refractivity contribution in [3.05, 3.63) is 97.6 Å². The number of carbonyl (C=O) groups is 7. The highest BCUT2D eigenvalue weighted by Crippen LogP contribution is 2.36. The number of thiazole rings is 1. The lowest BCUT2D eigenvalue weighted by molar-refractivity contribution is -0.161. The monoisotopic (exact) mass is 1100 g/mol. The first kappa shape index (κ1) is 58.2. The van der Waals surface area contributed by atoms with Crippen molar-refractivity contribution in [1.82, 2.24) is 4.98 Å². The summed E-state index contributed by atoms with van der Waals surface area (Å²) in [5, 5.41) is 4.93. The summed E-state index contributed by atoms with van der Waals surface area (Å²) < 4.78 is 55.8. The first-order valence-corrected chi connectivity index (χ1v) is 27.0. The van der Waals surface area contributed by atoms with E-state index in [1.165, 1.54) is 17.6 Å². The second-order valence-electron chi connectivity index (χ2n) is 18.8. The van der Waals surface area contributed by atoms with E-state index in [-0.39, 0.29) is 100 Å². The van der Waals surface area contributed by atoms with E-state index in [0.29, 0.717) is 99.2 Å². The Bertz CT molecular complexity index is 2690. The number of hydrogen-bond donors (Lipinski definition) is 1. The predicted molar refractivity (Wildman–Crippen MR) is 284 cm³/mol. The molecule has 0 unspecified atom stereocenters. The van der Waals surface area contributed by atoms with Gasteiger partial charge in [0, 0.05) is 17.7 Å². The Morgan fingerprint density at radius 2 is 1.03 bits per heavy atom. The molecule has 1 aromatic heterocycles. The molecule has 1 N–H and O–H groups in total. The number of nitrogens with one attached hydrogen (secondary N) is 1. The molecule has 3 aliphatic rings. The van der Waals surface area contributed by atoms with Crippen LogP contribution in [0.25, 0.3) is 10.2 Å². The zero-order valence-corrected chi connectivity index (χ0v) is 44.2. The Hall–Kier alpha value is -7.49. The minimum Gasteiger partial charge on any atom is -0.491 e. The van der Waals surface area contributed by atoms with E-state index in [0.717, 1.165) is 22.4 Å². The van der Waals surface area contributed by atoms with Crippen LogP contribution in [0.4, 0.5) is 5.13 Å². The van der Waals surface area contributed by atoms with Gasteiger partial charge in [-0.05, 0) is 132 Å². The highest BCUT2D eigenvalue weighted by atomic mass is 32.1. The van der Waals surface area contributed by atoms with Gasteiger partial charge in [0.2, 0.25) is 5.13 Å². The van der Waals surface area contributed by atoms with Gasteiger partial charge in [-0.15, -0.1) is 0 Å². The molecule has 3 aliphatic carbocycles. The van der Waals surface area contributed by atoms with Crippen LogP contribution in [0.3, 0.4) is 0 Å². The lowest BCUT2D eigenvalue weighted by Gasteiger charge is -2.30. The molecule has 4 aromatic rings. The number of ether oxygens (including phenoxy) is 10. The lowest BCUT2D eigenvalue weighted by Crippen LogP contribution is -2.33. The van der Waals surface area contributed by atoms with Crippen molar-refractivity contribution in [2.45, 2.75) is 83.2 Å². The fourth-order valence-electron chi connectivity index (χ4n) is 9.12. The average Bonchev–Trinajstić information content (AvgIpc) is 3.89. The SMILES string of the molecule is C=CC(=O)OCCOCCOC(=O)C1CCC(C(=O)OC2CCC(C(=O)Oc3ccc(OC(=O)C4CCC(C(=O)Oc5ccc(OCCOCCOC(=O)C=C)cc5)CC4)c(/C=N/Nc4nc5ccccc5s4)c3)CC2)CC1. The summed E-state index contributed by atoms with van der Waals surface area (Å²) in [5.74, 6) is -3.60. The van der Waals surface area contributed by atoms with Crippen molar-refractivity contribution < 1.29 is 80.9 Å². The molecule has 0 spiro atoms. The number of para-hydroxylation sites is 1. The van der Waals surface area contributed by atoms with E-state index in [1.807, 2.05) is 24.3 Å². The molecule has 416 valence electrons. The molecule has 1 heterocycles. The maximum Gasteiger partial charge on any atom is 0.330 e. The second-order valence-corrected chi connectivity index (χ2v) is 19.8. The molecular formula is C57H65N3O17S. The van der Waals surface area contributed by atoms with Gasteiger partial charge in [0.1, 0.15) is 55.5 Å². The third-order valence-electron chi connectivity index (χ3n) is 13.4. The van der Waals surface area contributed by atoms with Crippen LogP contribution in [-0.4, -0.2) is 112 Å². The Kier molecular flexibility index (Phi) is 22.7. The van der Waals surface area contributed by atoms with Gasteiger partial charge in [-0.25, -0.2) is 14.6 Å². The number of carbonyl (C=O) groups excluding carboxylic acids is 7. The van der Waals surface area contributed by atoms with E-state index in [2.05, 4.69) is 28.7 Å². The molecule has 0 saturated heterocycles. The number of aromatic nitrogens is 1. The molecule has 0 amide bonds. The fraction of sp³-hybridized carbons (Fsp3) is 0.456. The summed E-state index contributed by atoms with van der Waals surface area (Å²) in [5.41, 5.74) is 4.12. The summed E-state index contributed by atoms with van der Waals surface area (Å²) in [6.07, 6.45) is 8.83. The van der Waals surface area contributed by atoms with Gasteiger partial charge in [0.05, 0.1) is 72.4 Å². The maximum absolute atomic E-state index is 13.7. The summed E-state index contributed by atoms with van der Waals surface area (Å²) in [4.78, 5) is 92.9. The molecule has 3 fully saturated rings. The molecule has 0 aliphatic heterocycles. The molecule has 0 atom stereocenters. The minimum atomic E-state index is -0.539. The first-order chi connectivity index (χ1) is 37.9. The zero-order valence-electron chi connectivity index (χ0n) is 43.3. The lowest BCUT2D eigenvalue weighted by atomic mass is 9.82. The van der Waals surface area contributed by atoms with Gasteiger partial charge < -0.3 is 47.4 Å². The Morgan fingerprint density at radius 3 is 1.62 bits per heavy atom. The molecule has 3 saturated carbocycles. The number of rotatable bonds is 27. The summed E-state index contributed by atoms with van der Waals surface area (Å²) in [7, 11) is 0. The Balaban J connectivity index is 0.845. The van der Waals surface area contributed by atoms with Crippen molar-refractivity contribution in [3.8, 4) is 23.0 Å². The van der Waals surface area contributed by atoms with E-state index in [4.69, 9.17) is 47.4 Å². The van der Waals surface area contributed by atoms with Crippen LogP contribution in [0.15, 0.2) is 97.1 Å². The van der Waals surface area contributed by atoms with Crippen molar-refractivity contribution in [3.63, 3.8) is 0 Å². The topological polar surface area (TPSA) is 249 Å². The number of hydrazone groups is 1. The van der Waals surface area contributed by atoms with Gasteiger partial charge >= 0.3 is 41.8 Å². The fourth-order valence-corrected chi connectivity index (χ4v) is 9.94. The molecule has 0 bridgehead atoms. The number of esters is 7. The molecule has 7 rings (SSSR count). The van der Waals surface area contributed by atoms with E-state index in [1.54, 1.807) is 42.5 Å². The minimum absolute atomic E-state index is 0.0708. The first-order valence-electron chi connectivity index (χ1n) is 26.2. The normalized spacial score (nSPS) is 20.1. The largest absolute Gasteiger partial charge is 0.491 e. The zero-order chi connectivity index (χ0) is 55.1. The Labute approximate surface area is 455 Å². The third-order valence-corrected chi connectivity index (χ3v) is 14.4. The van der Waals surface area contributed by atoms with E-state index < -0.39 is 41.6 Å². The summed E-state index contributed by atoms with van der Waals surface area (Å²) in [6.45, 7) is 8.02.